The minimum absolute atomic E-state index is 0.448. The summed E-state index contributed by atoms with van der Waals surface area (Å²) in [7, 11) is 5.52. The molecule has 0 N–H and O–H groups in total. The number of benzene rings is 1. The Balaban J connectivity index is 2.54. The van der Waals surface area contributed by atoms with Crippen LogP contribution in [0.25, 0.3) is 11.4 Å². The number of hydrogen-bond acceptors (Lipinski definition) is 3. The molecular formula is C14H15ClN4. The lowest BCUT2D eigenvalue weighted by Crippen LogP contribution is -2.19. The molecule has 98 valence electrons. The smallest absolute Gasteiger partial charge is 0.143 e. The molecule has 0 saturated carbocycles. The fourth-order valence-corrected chi connectivity index (χ4v) is 2.17. The molecule has 0 aliphatic carbocycles. The van der Waals surface area contributed by atoms with E-state index in [9.17, 15) is 5.26 Å². The molecule has 2 rings (SSSR count). The van der Waals surface area contributed by atoms with E-state index >= 15 is 0 Å². The number of nitriles is 1. The lowest BCUT2D eigenvalue weighted by molar-refractivity contribution is 0.353. The van der Waals surface area contributed by atoms with E-state index in [1.165, 1.54) is 0 Å². The topological polar surface area (TPSA) is 44.9 Å². The maximum absolute atomic E-state index is 9.25. The molecule has 0 saturated heterocycles. The summed E-state index contributed by atoms with van der Waals surface area (Å²) in [6.45, 7) is 0. The van der Waals surface area contributed by atoms with Gasteiger partial charge in [0.2, 0.25) is 0 Å². The summed E-state index contributed by atoms with van der Waals surface area (Å²) in [6, 6.07) is 11.6. The van der Waals surface area contributed by atoms with E-state index in [1.54, 1.807) is 9.47 Å². The summed E-state index contributed by atoms with van der Waals surface area (Å²) in [5.41, 5.74) is 1.57. The zero-order valence-electron chi connectivity index (χ0n) is 11.1. The molecule has 2 aromatic rings. The third kappa shape index (κ3) is 2.48. The van der Waals surface area contributed by atoms with Gasteiger partial charge >= 0.3 is 0 Å². The van der Waals surface area contributed by atoms with Gasteiger partial charge < -0.3 is 4.57 Å². The third-order valence-electron chi connectivity index (χ3n) is 2.98. The number of hydrogen-bond donors (Lipinski definition) is 0. The van der Waals surface area contributed by atoms with Gasteiger partial charge in [-0.1, -0.05) is 41.9 Å². The average Bonchev–Trinajstić information content (AvgIpc) is 2.69. The van der Waals surface area contributed by atoms with Crippen molar-refractivity contribution in [2.75, 3.05) is 14.1 Å². The van der Waals surface area contributed by atoms with Gasteiger partial charge in [0.25, 0.3) is 0 Å². The highest BCUT2D eigenvalue weighted by Crippen LogP contribution is 2.30. The second kappa shape index (κ2) is 5.43. The van der Waals surface area contributed by atoms with E-state index in [0.717, 1.165) is 11.4 Å². The number of imidazole rings is 1. The van der Waals surface area contributed by atoms with Crippen molar-refractivity contribution in [2.24, 2.45) is 7.05 Å². The van der Waals surface area contributed by atoms with Crippen LogP contribution in [0.15, 0.2) is 30.3 Å². The zero-order valence-corrected chi connectivity index (χ0v) is 11.9. The molecule has 0 amide bonds. The minimum atomic E-state index is -0.448. The highest BCUT2D eigenvalue weighted by Gasteiger charge is 2.23. The van der Waals surface area contributed by atoms with Crippen LogP contribution < -0.4 is 0 Å². The van der Waals surface area contributed by atoms with E-state index in [-0.39, 0.29) is 0 Å². The lowest BCUT2D eigenvalue weighted by Gasteiger charge is -2.14. The molecule has 19 heavy (non-hydrogen) atoms. The first-order valence-electron chi connectivity index (χ1n) is 5.89. The standard InChI is InChI=1S/C14H15ClN4/c1-18(2)11(9-16)12-13(15)19(3)14(17-12)10-7-5-4-6-8-10/h4-8,11H,1-3H3. The second-order valence-electron chi connectivity index (χ2n) is 4.53. The first-order chi connectivity index (χ1) is 9.06. The van der Waals surface area contributed by atoms with Gasteiger partial charge in [-0.3, -0.25) is 4.90 Å². The van der Waals surface area contributed by atoms with Crippen molar-refractivity contribution in [1.29, 1.82) is 5.26 Å². The number of nitrogens with zero attached hydrogens (tertiary/aromatic N) is 4. The molecule has 0 radical (unpaired) electrons. The van der Waals surface area contributed by atoms with Crippen molar-refractivity contribution in [3.63, 3.8) is 0 Å². The minimum Gasteiger partial charge on any atom is -0.318 e. The molecule has 1 atom stereocenters. The molecule has 4 nitrogen and oxygen atoms in total. The van der Waals surface area contributed by atoms with Gasteiger partial charge in [-0.25, -0.2) is 4.98 Å². The maximum Gasteiger partial charge on any atom is 0.143 e. The van der Waals surface area contributed by atoms with Crippen LogP contribution in [0.4, 0.5) is 0 Å². The van der Waals surface area contributed by atoms with Crippen molar-refractivity contribution in [1.82, 2.24) is 14.5 Å². The number of rotatable bonds is 3. The van der Waals surface area contributed by atoms with Crippen LogP contribution in [-0.4, -0.2) is 28.5 Å². The Hall–Kier alpha value is -1.83. The van der Waals surface area contributed by atoms with Crippen LogP contribution in [-0.2, 0) is 7.05 Å². The molecule has 1 aromatic carbocycles. The van der Waals surface area contributed by atoms with Gasteiger partial charge in [-0.2, -0.15) is 5.26 Å². The molecule has 0 aliphatic heterocycles. The zero-order chi connectivity index (χ0) is 14.0. The van der Waals surface area contributed by atoms with Crippen LogP contribution >= 0.6 is 11.6 Å². The Bertz CT molecular complexity index is 610. The molecule has 0 fully saturated rings. The van der Waals surface area contributed by atoms with E-state index in [2.05, 4.69) is 11.1 Å². The van der Waals surface area contributed by atoms with Gasteiger partial charge in [0.05, 0.1) is 6.07 Å². The summed E-state index contributed by atoms with van der Waals surface area (Å²) >= 11 is 6.30. The quantitative estimate of drug-likeness (QED) is 0.864. The molecule has 1 heterocycles. The molecule has 0 bridgehead atoms. The van der Waals surface area contributed by atoms with E-state index in [0.29, 0.717) is 10.8 Å². The molecule has 5 heteroatoms. The highest BCUT2D eigenvalue weighted by atomic mass is 35.5. The predicted molar refractivity (Wildman–Crippen MR) is 75.7 cm³/mol. The van der Waals surface area contributed by atoms with Crippen LogP contribution in [0.5, 0.6) is 0 Å². The lowest BCUT2D eigenvalue weighted by atomic mass is 10.2. The van der Waals surface area contributed by atoms with Crippen LogP contribution in [0.3, 0.4) is 0 Å². The normalized spacial score (nSPS) is 12.4. The van der Waals surface area contributed by atoms with Gasteiger partial charge in [-0.15, -0.1) is 0 Å². The number of halogens is 1. The van der Waals surface area contributed by atoms with Crippen molar-refractivity contribution in [2.45, 2.75) is 6.04 Å². The first-order valence-corrected chi connectivity index (χ1v) is 6.27. The van der Waals surface area contributed by atoms with Crippen LogP contribution in [0, 0.1) is 11.3 Å². The summed E-state index contributed by atoms with van der Waals surface area (Å²) in [4.78, 5) is 6.33. The van der Waals surface area contributed by atoms with Gasteiger partial charge in [0.15, 0.2) is 0 Å². The van der Waals surface area contributed by atoms with Crippen molar-refractivity contribution in [3.05, 3.63) is 41.2 Å². The summed E-state index contributed by atoms with van der Waals surface area (Å²) < 4.78 is 1.81. The Morgan fingerprint density at radius 1 is 1.32 bits per heavy atom. The number of aromatic nitrogens is 2. The molecule has 1 aromatic heterocycles. The largest absolute Gasteiger partial charge is 0.318 e. The van der Waals surface area contributed by atoms with Gasteiger partial charge in [-0.05, 0) is 14.1 Å². The monoisotopic (exact) mass is 274 g/mol. The summed E-state index contributed by atoms with van der Waals surface area (Å²) in [5.74, 6) is 0.766. The van der Waals surface area contributed by atoms with Crippen molar-refractivity contribution < 1.29 is 0 Å². The second-order valence-corrected chi connectivity index (χ2v) is 4.89. The third-order valence-corrected chi connectivity index (χ3v) is 3.43. The Kier molecular flexibility index (Phi) is 3.89. The Morgan fingerprint density at radius 2 is 1.95 bits per heavy atom. The molecule has 1 unspecified atom stereocenters. The van der Waals surface area contributed by atoms with E-state index < -0.39 is 6.04 Å². The predicted octanol–water partition coefficient (Wildman–Crippen LogP) is 2.87. The van der Waals surface area contributed by atoms with E-state index in [4.69, 9.17) is 11.6 Å². The average molecular weight is 275 g/mol. The van der Waals surface area contributed by atoms with Crippen molar-refractivity contribution in [3.8, 4) is 17.5 Å². The molecule has 0 spiro atoms. The fourth-order valence-electron chi connectivity index (χ4n) is 1.94. The maximum atomic E-state index is 9.25. The van der Waals surface area contributed by atoms with Crippen molar-refractivity contribution >= 4 is 11.6 Å². The van der Waals surface area contributed by atoms with Gasteiger partial charge in [0, 0.05) is 12.6 Å². The summed E-state index contributed by atoms with van der Waals surface area (Å²) in [5, 5.41) is 9.74. The molecule has 0 aliphatic rings. The summed E-state index contributed by atoms with van der Waals surface area (Å²) in [6.07, 6.45) is 0. The molecular weight excluding hydrogens is 260 g/mol. The Morgan fingerprint density at radius 3 is 2.47 bits per heavy atom. The first kappa shape index (κ1) is 13.6. The fraction of sp³-hybridized carbons (Fsp3) is 0.286. The van der Waals surface area contributed by atoms with Crippen LogP contribution in [0.1, 0.15) is 11.7 Å². The Labute approximate surface area is 117 Å². The highest BCUT2D eigenvalue weighted by molar-refractivity contribution is 6.30. The SMILES string of the molecule is CN(C)C(C#N)c1nc(-c2ccccc2)n(C)c1Cl. The van der Waals surface area contributed by atoms with Crippen LogP contribution in [0.2, 0.25) is 5.15 Å². The van der Waals surface area contributed by atoms with Gasteiger partial charge in [0.1, 0.15) is 22.7 Å². The van der Waals surface area contributed by atoms with E-state index in [1.807, 2.05) is 51.5 Å².